The lowest BCUT2D eigenvalue weighted by molar-refractivity contribution is -0.126. The number of piperidine rings is 1. The van der Waals surface area contributed by atoms with Gasteiger partial charge in [-0.25, -0.2) is 12.7 Å². The van der Waals surface area contributed by atoms with Gasteiger partial charge in [-0.2, -0.15) is 0 Å². The Balaban J connectivity index is 1.41. The van der Waals surface area contributed by atoms with Gasteiger partial charge in [0, 0.05) is 35.0 Å². The Morgan fingerprint density at radius 3 is 2.43 bits per heavy atom. The molecule has 0 unspecified atom stereocenters. The maximum absolute atomic E-state index is 12.7. The molecule has 0 saturated carbocycles. The second-order valence-corrected chi connectivity index (χ2v) is 10.8. The summed E-state index contributed by atoms with van der Waals surface area (Å²) in [6.45, 7) is 1.36. The summed E-state index contributed by atoms with van der Waals surface area (Å²) in [5.74, 6) is -0.136. The number of rotatable bonds is 8. The van der Waals surface area contributed by atoms with Crippen molar-refractivity contribution >= 4 is 43.5 Å². The predicted octanol–water partition coefficient (Wildman–Crippen LogP) is 4.39. The molecule has 1 aliphatic heterocycles. The molecule has 1 heterocycles. The maximum atomic E-state index is 12.7. The van der Waals surface area contributed by atoms with Crippen molar-refractivity contribution in [3.05, 3.63) is 69.2 Å². The van der Waals surface area contributed by atoms with Gasteiger partial charge >= 0.3 is 0 Å². The molecule has 0 spiro atoms. The number of carbonyl (C=O) groups excluding carboxylic acids is 1. The standard InChI is InChI=1S/C22H26BrClN2O3S/c23-20-9-7-17(8-10-20)16-30(28,29)26-14-11-19(12-15-26)22(27)25-13-3-5-18-4-1-2-6-21(18)24/h1-2,4,6-10,19H,3,5,11-16H2,(H,25,27). The molecule has 1 amide bonds. The highest BCUT2D eigenvalue weighted by atomic mass is 79.9. The molecule has 1 aliphatic rings. The maximum Gasteiger partial charge on any atom is 0.223 e. The third-order valence-electron chi connectivity index (χ3n) is 5.36. The molecular weight excluding hydrogens is 488 g/mol. The molecule has 0 aromatic heterocycles. The van der Waals surface area contributed by atoms with Gasteiger partial charge in [0.1, 0.15) is 0 Å². The van der Waals surface area contributed by atoms with Crippen LogP contribution in [0, 0.1) is 5.92 Å². The summed E-state index contributed by atoms with van der Waals surface area (Å²) in [6, 6.07) is 15.0. The van der Waals surface area contributed by atoms with E-state index in [-0.39, 0.29) is 17.6 Å². The number of benzene rings is 2. The van der Waals surface area contributed by atoms with Gasteiger partial charge < -0.3 is 5.32 Å². The zero-order valence-electron chi connectivity index (χ0n) is 16.7. The van der Waals surface area contributed by atoms with Crippen molar-refractivity contribution in [2.45, 2.75) is 31.4 Å². The largest absolute Gasteiger partial charge is 0.356 e. The fraction of sp³-hybridized carbons (Fsp3) is 0.409. The molecule has 2 aromatic carbocycles. The van der Waals surface area contributed by atoms with E-state index in [1.807, 2.05) is 48.5 Å². The molecule has 0 bridgehead atoms. The van der Waals surface area contributed by atoms with Gasteiger partial charge in [-0.15, -0.1) is 0 Å². The van der Waals surface area contributed by atoms with Crippen molar-refractivity contribution < 1.29 is 13.2 Å². The van der Waals surface area contributed by atoms with Crippen LogP contribution in [0.2, 0.25) is 5.02 Å². The summed E-state index contributed by atoms with van der Waals surface area (Å²) in [5.41, 5.74) is 1.84. The van der Waals surface area contributed by atoms with Crippen molar-refractivity contribution in [3.63, 3.8) is 0 Å². The number of nitrogens with zero attached hydrogens (tertiary/aromatic N) is 1. The van der Waals surface area contributed by atoms with Gasteiger partial charge in [0.2, 0.25) is 15.9 Å². The molecule has 1 saturated heterocycles. The van der Waals surface area contributed by atoms with Crippen LogP contribution in [0.15, 0.2) is 53.0 Å². The van der Waals surface area contributed by atoms with Crippen molar-refractivity contribution in [3.8, 4) is 0 Å². The third-order valence-corrected chi connectivity index (χ3v) is 8.11. The van der Waals surface area contributed by atoms with Gasteiger partial charge in [0.25, 0.3) is 0 Å². The molecule has 0 atom stereocenters. The van der Waals surface area contributed by atoms with Crippen LogP contribution < -0.4 is 5.32 Å². The van der Waals surface area contributed by atoms with Crippen LogP contribution in [0.3, 0.4) is 0 Å². The highest BCUT2D eigenvalue weighted by molar-refractivity contribution is 9.10. The van der Waals surface area contributed by atoms with Gasteiger partial charge in [-0.1, -0.05) is 57.9 Å². The summed E-state index contributed by atoms with van der Waals surface area (Å²) >= 11 is 9.51. The number of aryl methyl sites for hydroxylation is 1. The van der Waals surface area contributed by atoms with Crippen molar-refractivity contribution in [1.29, 1.82) is 0 Å². The van der Waals surface area contributed by atoms with Gasteiger partial charge in [0.05, 0.1) is 5.75 Å². The number of halogens is 2. The van der Waals surface area contributed by atoms with Crippen molar-refractivity contribution in [2.75, 3.05) is 19.6 Å². The molecule has 3 rings (SSSR count). The molecule has 8 heteroatoms. The zero-order valence-corrected chi connectivity index (χ0v) is 19.8. The normalized spacial score (nSPS) is 15.8. The molecule has 1 fully saturated rings. The average molecular weight is 514 g/mol. The molecule has 30 heavy (non-hydrogen) atoms. The summed E-state index contributed by atoms with van der Waals surface area (Å²) in [6.07, 6.45) is 2.73. The summed E-state index contributed by atoms with van der Waals surface area (Å²) in [4.78, 5) is 12.4. The second-order valence-electron chi connectivity index (χ2n) is 7.54. The highest BCUT2D eigenvalue weighted by Gasteiger charge is 2.31. The SMILES string of the molecule is O=C(NCCCc1ccccc1Cl)C1CCN(S(=O)(=O)Cc2ccc(Br)cc2)CC1. The lowest BCUT2D eigenvalue weighted by atomic mass is 9.97. The molecule has 0 aliphatic carbocycles. The van der Waals surface area contributed by atoms with E-state index in [0.717, 1.165) is 33.5 Å². The van der Waals surface area contributed by atoms with E-state index in [9.17, 15) is 13.2 Å². The van der Waals surface area contributed by atoms with Gasteiger partial charge in [0.15, 0.2) is 0 Å². The Kier molecular flexibility index (Phi) is 8.34. The first-order chi connectivity index (χ1) is 14.3. The minimum Gasteiger partial charge on any atom is -0.356 e. The van der Waals surface area contributed by atoms with Crippen LogP contribution in [-0.2, 0) is 27.0 Å². The fourth-order valence-electron chi connectivity index (χ4n) is 3.61. The summed E-state index contributed by atoms with van der Waals surface area (Å²) in [5, 5.41) is 3.74. The third kappa shape index (κ3) is 6.54. The van der Waals surface area contributed by atoms with E-state index in [1.165, 1.54) is 4.31 Å². The number of hydrogen-bond donors (Lipinski definition) is 1. The van der Waals surface area contributed by atoms with E-state index in [4.69, 9.17) is 11.6 Å². The monoisotopic (exact) mass is 512 g/mol. The Morgan fingerprint density at radius 1 is 1.10 bits per heavy atom. The van der Waals surface area contributed by atoms with Crippen LogP contribution in [0.4, 0.5) is 0 Å². The first-order valence-corrected chi connectivity index (χ1v) is 12.9. The van der Waals surface area contributed by atoms with Crippen molar-refractivity contribution in [1.82, 2.24) is 9.62 Å². The van der Waals surface area contributed by atoms with Crippen LogP contribution in [0.1, 0.15) is 30.4 Å². The molecule has 162 valence electrons. The van der Waals surface area contributed by atoms with Crippen LogP contribution in [-0.4, -0.2) is 38.3 Å². The Bertz CT molecular complexity index is 959. The van der Waals surface area contributed by atoms with Crippen LogP contribution >= 0.6 is 27.5 Å². The van der Waals surface area contributed by atoms with E-state index in [2.05, 4.69) is 21.2 Å². The minimum atomic E-state index is -3.38. The summed E-state index contributed by atoms with van der Waals surface area (Å²) < 4.78 is 27.8. The molecule has 2 aromatic rings. The van der Waals surface area contributed by atoms with E-state index in [1.54, 1.807) is 0 Å². The number of nitrogens with one attached hydrogen (secondary N) is 1. The predicted molar refractivity (Wildman–Crippen MR) is 124 cm³/mol. The topological polar surface area (TPSA) is 66.5 Å². The lowest BCUT2D eigenvalue weighted by Gasteiger charge is -2.30. The molecule has 0 radical (unpaired) electrons. The van der Waals surface area contributed by atoms with Crippen LogP contribution in [0.25, 0.3) is 0 Å². The molecule has 5 nitrogen and oxygen atoms in total. The number of amides is 1. The highest BCUT2D eigenvalue weighted by Crippen LogP contribution is 2.22. The number of carbonyl (C=O) groups is 1. The second kappa shape index (κ2) is 10.8. The average Bonchev–Trinajstić information content (AvgIpc) is 2.74. The Morgan fingerprint density at radius 2 is 1.77 bits per heavy atom. The van der Waals surface area contributed by atoms with Gasteiger partial charge in [-0.3, -0.25) is 4.79 Å². The minimum absolute atomic E-state index is 0.0131. The molecular formula is C22H26BrClN2O3S. The zero-order chi connectivity index (χ0) is 21.6. The van der Waals surface area contributed by atoms with Crippen molar-refractivity contribution in [2.24, 2.45) is 5.92 Å². The van der Waals surface area contributed by atoms with E-state index < -0.39 is 10.0 Å². The van der Waals surface area contributed by atoms with Crippen LogP contribution in [0.5, 0.6) is 0 Å². The number of sulfonamides is 1. The number of hydrogen-bond acceptors (Lipinski definition) is 3. The van der Waals surface area contributed by atoms with E-state index in [0.29, 0.717) is 32.5 Å². The van der Waals surface area contributed by atoms with Gasteiger partial charge in [-0.05, 0) is 55.0 Å². The van der Waals surface area contributed by atoms with E-state index >= 15 is 0 Å². The lowest BCUT2D eigenvalue weighted by Crippen LogP contribution is -2.43. The quantitative estimate of drug-likeness (QED) is 0.532. The first-order valence-electron chi connectivity index (χ1n) is 10.1. The Hall–Kier alpha value is -1.41. The smallest absolute Gasteiger partial charge is 0.223 e. The first kappa shape index (κ1) is 23.3. The fourth-order valence-corrected chi connectivity index (χ4v) is 5.67. The Labute approximate surface area is 192 Å². The molecule has 1 N–H and O–H groups in total. The summed E-state index contributed by atoms with van der Waals surface area (Å²) in [7, 11) is -3.38.